The van der Waals surface area contributed by atoms with Crippen molar-refractivity contribution in [3.63, 3.8) is 0 Å². The van der Waals surface area contributed by atoms with Crippen LogP contribution in [0.25, 0.3) is 0 Å². The van der Waals surface area contributed by atoms with E-state index in [0.717, 1.165) is 18.6 Å². The van der Waals surface area contributed by atoms with Crippen LogP contribution < -0.4 is 10.6 Å². The van der Waals surface area contributed by atoms with Gasteiger partial charge in [0.25, 0.3) is 0 Å². The van der Waals surface area contributed by atoms with Gasteiger partial charge < -0.3 is 15.7 Å². The normalized spacial score (nSPS) is 32.8. The monoisotopic (exact) mass is 353 g/mol. The van der Waals surface area contributed by atoms with Crippen molar-refractivity contribution in [2.24, 2.45) is 16.8 Å². The van der Waals surface area contributed by atoms with Gasteiger partial charge in [-0.2, -0.15) is 24.9 Å². The molecular weight excluding hydrogens is 327 g/mol. The number of halogens is 3. The van der Waals surface area contributed by atoms with Gasteiger partial charge in [0.05, 0.1) is 11.5 Å². The summed E-state index contributed by atoms with van der Waals surface area (Å²) < 4.78 is 39.3. The van der Waals surface area contributed by atoms with E-state index in [1.165, 1.54) is 0 Å². The van der Waals surface area contributed by atoms with Gasteiger partial charge in [-0.1, -0.05) is 12.8 Å². The van der Waals surface area contributed by atoms with Gasteiger partial charge in [-0.15, -0.1) is 0 Å². The number of aliphatic imine (C=N–C) groups is 1. The molecule has 0 amide bonds. The van der Waals surface area contributed by atoms with Crippen LogP contribution in [0.4, 0.5) is 13.2 Å². The molecule has 1 saturated carbocycles. The van der Waals surface area contributed by atoms with Gasteiger partial charge in [-0.25, -0.2) is 0 Å². The summed E-state index contributed by atoms with van der Waals surface area (Å²) in [5.74, 6) is 0.432. The molecule has 2 rings (SSSR count). The van der Waals surface area contributed by atoms with E-state index in [-0.39, 0.29) is 13.0 Å². The van der Waals surface area contributed by atoms with Gasteiger partial charge in [-0.05, 0) is 30.9 Å². The SMILES string of the molecule is CN=C(NCC1CCCCC1C(F)(F)F)NCC1(O)CCSC1. The van der Waals surface area contributed by atoms with Gasteiger partial charge in [0, 0.05) is 25.9 Å². The fourth-order valence-corrected chi connectivity index (χ4v) is 4.61. The second-order valence-electron chi connectivity index (χ2n) is 6.53. The average Bonchev–Trinajstić information content (AvgIpc) is 2.94. The molecule has 0 aromatic heterocycles. The van der Waals surface area contributed by atoms with Gasteiger partial charge in [0.2, 0.25) is 0 Å². The van der Waals surface area contributed by atoms with Crippen molar-refractivity contribution in [1.29, 1.82) is 0 Å². The largest absolute Gasteiger partial charge is 0.392 e. The van der Waals surface area contributed by atoms with E-state index in [2.05, 4.69) is 15.6 Å². The van der Waals surface area contributed by atoms with Crippen LogP contribution in [-0.4, -0.2) is 54.5 Å². The third kappa shape index (κ3) is 5.45. The van der Waals surface area contributed by atoms with E-state index >= 15 is 0 Å². The summed E-state index contributed by atoms with van der Waals surface area (Å²) in [5, 5.41) is 16.3. The first kappa shape index (κ1) is 18.7. The Bertz CT molecular complexity index is 411. The molecule has 1 aliphatic carbocycles. The summed E-state index contributed by atoms with van der Waals surface area (Å²) in [6, 6.07) is 0. The maximum Gasteiger partial charge on any atom is 0.392 e. The number of rotatable bonds is 4. The second-order valence-corrected chi connectivity index (χ2v) is 7.63. The summed E-state index contributed by atoms with van der Waals surface area (Å²) in [4.78, 5) is 4.05. The zero-order valence-electron chi connectivity index (χ0n) is 13.5. The lowest BCUT2D eigenvalue weighted by atomic mass is 9.79. The van der Waals surface area contributed by atoms with Gasteiger partial charge >= 0.3 is 6.18 Å². The average molecular weight is 353 g/mol. The Balaban J connectivity index is 1.82. The topological polar surface area (TPSA) is 56.7 Å². The zero-order chi connectivity index (χ0) is 16.9. The number of nitrogens with zero attached hydrogens (tertiary/aromatic N) is 1. The lowest BCUT2D eigenvalue weighted by Crippen LogP contribution is -2.49. The van der Waals surface area contributed by atoms with Crippen LogP contribution in [0.2, 0.25) is 0 Å². The number of guanidine groups is 1. The van der Waals surface area contributed by atoms with E-state index in [4.69, 9.17) is 0 Å². The molecule has 2 aliphatic rings. The maximum absolute atomic E-state index is 13.1. The molecule has 1 aliphatic heterocycles. The van der Waals surface area contributed by atoms with E-state index in [1.54, 1.807) is 18.8 Å². The van der Waals surface area contributed by atoms with Crippen molar-refractivity contribution in [3.8, 4) is 0 Å². The highest BCUT2D eigenvalue weighted by atomic mass is 32.2. The van der Waals surface area contributed by atoms with E-state index in [9.17, 15) is 18.3 Å². The Kier molecular flexibility index (Phi) is 6.48. The minimum atomic E-state index is -4.13. The highest BCUT2D eigenvalue weighted by Gasteiger charge is 2.45. The molecule has 1 heterocycles. The van der Waals surface area contributed by atoms with Crippen LogP contribution in [0.5, 0.6) is 0 Å². The van der Waals surface area contributed by atoms with Gasteiger partial charge in [0.15, 0.2) is 5.96 Å². The van der Waals surface area contributed by atoms with Crippen molar-refractivity contribution in [2.75, 3.05) is 31.6 Å². The van der Waals surface area contributed by atoms with Crippen LogP contribution >= 0.6 is 11.8 Å². The van der Waals surface area contributed by atoms with Crippen molar-refractivity contribution in [1.82, 2.24) is 10.6 Å². The van der Waals surface area contributed by atoms with Crippen LogP contribution in [0, 0.1) is 11.8 Å². The molecule has 0 radical (unpaired) electrons. The number of thioether (sulfide) groups is 1. The zero-order valence-corrected chi connectivity index (χ0v) is 14.3. The van der Waals surface area contributed by atoms with E-state index < -0.39 is 23.6 Å². The third-order valence-electron chi connectivity index (χ3n) is 4.75. The van der Waals surface area contributed by atoms with Crippen LogP contribution in [0.3, 0.4) is 0 Å². The molecule has 3 N–H and O–H groups in total. The fraction of sp³-hybridized carbons (Fsp3) is 0.933. The van der Waals surface area contributed by atoms with Crippen LogP contribution in [-0.2, 0) is 0 Å². The van der Waals surface area contributed by atoms with Crippen molar-refractivity contribution >= 4 is 17.7 Å². The van der Waals surface area contributed by atoms with Gasteiger partial charge in [0.1, 0.15) is 0 Å². The summed E-state index contributed by atoms with van der Waals surface area (Å²) in [5.41, 5.74) is -0.748. The summed E-state index contributed by atoms with van der Waals surface area (Å²) in [7, 11) is 1.59. The molecule has 0 aromatic rings. The molecule has 3 unspecified atom stereocenters. The number of alkyl halides is 3. The minimum Gasteiger partial charge on any atom is -0.387 e. The number of nitrogens with one attached hydrogen (secondary N) is 2. The Morgan fingerprint density at radius 1 is 1.30 bits per heavy atom. The number of aliphatic hydroxyl groups is 1. The lowest BCUT2D eigenvalue weighted by Gasteiger charge is -2.33. The highest BCUT2D eigenvalue weighted by Crippen LogP contribution is 2.41. The van der Waals surface area contributed by atoms with Crippen molar-refractivity contribution < 1.29 is 18.3 Å². The molecule has 134 valence electrons. The standard InChI is InChI=1S/C15H26F3N3OS/c1-19-13(21-9-14(22)6-7-23-10-14)20-8-11-4-2-3-5-12(11)15(16,17)18/h11-12,22H,2-10H2,1H3,(H2,19,20,21). The molecule has 3 atom stereocenters. The molecule has 0 spiro atoms. The minimum absolute atomic E-state index is 0.221. The highest BCUT2D eigenvalue weighted by molar-refractivity contribution is 7.99. The smallest absolute Gasteiger partial charge is 0.387 e. The summed E-state index contributed by atoms with van der Waals surface area (Å²) in [6.07, 6.45) is -1.09. The van der Waals surface area contributed by atoms with Crippen LogP contribution in [0.15, 0.2) is 4.99 Å². The second kappa shape index (κ2) is 7.96. The molecule has 1 saturated heterocycles. The quantitative estimate of drug-likeness (QED) is 0.537. The molecular formula is C15H26F3N3OS. The Hall–Kier alpha value is -0.630. The fourth-order valence-electron chi connectivity index (χ4n) is 3.32. The van der Waals surface area contributed by atoms with Crippen LogP contribution in [0.1, 0.15) is 32.1 Å². The predicted molar refractivity (Wildman–Crippen MR) is 87.8 cm³/mol. The third-order valence-corrected chi connectivity index (χ3v) is 5.99. The first-order chi connectivity index (χ1) is 10.8. The Morgan fingerprint density at radius 2 is 2.04 bits per heavy atom. The molecule has 0 bridgehead atoms. The predicted octanol–water partition coefficient (Wildman–Crippen LogP) is 2.39. The maximum atomic E-state index is 13.1. The lowest BCUT2D eigenvalue weighted by molar-refractivity contribution is -0.195. The molecule has 2 fully saturated rings. The Labute approximate surface area is 139 Å². The number of hydrogen-bond acceptors (Lipinski definition) is 3. The number of hydrogen-bond donors (Lipinski definition) is 3. The van der Waals surface area contributed by atoms with Gasteiger partial charge in [-0.3, -0.25) is 4.99 Å². The Morgan fingerprint density at radius 3 is 2.65 bits per heavy atom. The first-order valence-corrected chi connectivity index (χ1v) is 9.31. The van der Waals surface area contributed by atoms with E-state index in [1.807, 2.05) is 0 Å². The van der Waals surface area contributed by atoms with Crippen molar-refractivity contribution in [2.45, 2.75) is 43.9 Å². The molecule has 8 heteroatoms. The first-order valence-electron chi connectivity index (χ1n) is 8.15. The molecule has 23 heavy (non-hydrogen) atoms. The summed E-state index contributed by atoms with van der Waals surface area (Å²) >= 11 is 1.70. The summed E-state index contributed by atoms with van der Waals surface area (Å²) in [6.45, 7) is 0.629. The van der Waals surface area contributed by atoms with E-state index in [0.29, 0.717) is 31.1 Å². The molecule has 0 aromatic carbocycles. The molecule has 4 nitrogen and oxygen atoms in total. The van der Waals surface area contributed by atoms with Crippen molar-refractivity contribution in [3.05, 3.63) is 0 Å².